The number of anilines is 1. The minimum absolute atomic E-state index is 0.0614. The van der Waals surface area contributed by atoms with Crippen LogP contribution in [-0.2, 0) is 4.79 Å². The van der Waals surface area contributed by atoms with Crippen molar-refractivity contribution in [3.63, 3.8) is 0 Å². The molecule has 1 aliphatic carbocycles. The molecule has 1 atom stereocenters. The predicted molar refractivity (Wildman–Crippen MR) is 79.7 cm³/mol. The molecule has 19 heavy (non-hydrogen) atoms. The van der Waals surface area contributed by atoms with Crippen LogP contribution in [-0.4, -0.2) is 18.0 Å². The standard InChI is InChI=1S/C15H21ClN2O/c1-10-7-8-12(16)9-14(10)17-11(2)15(19)18-13-5-3-4-6-13/h7-9,11,13,17H,3-6H2,1-2H3,(H,18,19). The van der Waals surface area contributed by atoms with Crippen LogP contribution in [0.5, 0.6) is 0 Å². The van der Waals surface area contributed by atoms with Gasteiger partial charge < -0.3 is 10.6 Å². The van der Waals surface area contributed by atoms with Crippen molar-refractivity contribution >= 4 is 23.2 Å². The van der Waals surface area contributed by atoms with Crippen LogP contribution in [0.1, 0.15) is 38.2 Å². The SMILES string of the molecule is Cc1ccc(Cl)cc1NC(C)C(=O)NC1CCCC1. The summed E-state index contributed by atoms with van der Waals surface area (Å²) in [7, 11) is 0. The number of carbonyl (C=O) groups excluding carboxylic acids is 1. The van der Waals surface area contributed by atoms with Crippen molar-refractivity contribution in [2.45, 2.75) is 51.6 Å². The summed E-state index contributed by atoms with van der Waals surface area (Å²) >= 11 is 5.98. The van der Waals surface area contributed by atoms with E-state index >= 15 is 0 Å². The van der Waals surface area contributed by atoms with Gasteiger partial charge in [-0.1, -0.05) is 30.5 Å². The van der Waals surface area contributed by atoms with Crippen molar-refractivity contribution in [1.29, 1.82) is 0 Å². The van der Waals surface area contributed by atoms with Crippen LogP contribution in [0.4, 0.5) is 5.69 Å². The van der Waals surface area contributed by atoms with E-state index in [1.807, 2.05) is 32.0 Å². The van der Waals surface area contributed by atoms with E-state index < -0.39 is 0 Å². The van der Waals surface area contributed by atoms with Crippen LogP contribution in [0, 0.1) is 6.92 Å². The minimum Gasteiger partial charge on any atom is -0.374 e. The molecular weight excluding hydrogens is 260 g/mol. The van der Waals surface area contributed by atoms with Gasteiger partial charge in [-0.15, -0.1) is 0 Å². The van der Waals surface area contributed by atoms with E-state index in [9.17, 15) is 4.79 Å². The van der Waals surface area contributed by atoms with E-state index in [2.05, 4.69) is 10.6 Å². The van der Waals surface area contributed by atoms with Crippen molar-refractivity contribution < 1.29 is 4.79 Å². The minimum atomic E-state index is -0.252. The number of hydrogen-bond donors (Lipinski definition) is 2. The largest absolute Gasteiger partial charge is 0.374 e. The fourth-order valence-electron chi connectivity index (χ4n) is 2.44. The number of carbonyl (C=O) groups is 1. The van der Waals surface area contributed by atoms with E-state index in [1.165, 1.54) is 12.8 Å². The third-order valence-electron chi connectivity index (χ3n) is 3.67. The van der Waals surface area contributed by atoms with Gasteiger partial charge in [0.2, 0.25) is 5.91 Å². The quantitative estimate of drug-likeness (QED) is 0.886. The Kier molecular flexibility index (Phi) is 4.70. The normalized spacial score (nSPS) is 17.2. The Labute approximate surface area is 119 Å². The van der Waals surface area contributed by atoms with Crippen LogP contribution in [0.2, 0.25) is 5.02 Å². The van der Waals surface area contributed by atoms with Crippen LogP contribution in [0.15, 0.2) is 18.2 Å². The van der Waals surface area contributed by atoms with Gasteiger partial charge in [-0.3, -0.25) is 4.79 Å². The number of halogens is 1. The van der Waals surface area contributed by atoms with Crippen LogP contribution in [0.25, 0.3) is 0 Å². The second-order valence-corrected chi connectivity index (χ2v) is 5.75. The molecule has 1 unspecified atom stereocenters. The summed E-state index contributed by atoms with van der Waals surface area (Å²) in [4.78, 5) is 12.1. The fourth-order valence-corrected chi connectivity index (χ4v) is 2.62. The smallest absolute Gasteiger partial charge is 0.242 e. The van der Waals surface area contributed by atoms with Gasteiger partial charge in [0.1, 0.15) is 6.04 Å². The maximum absolute atomic E-state index is 12.1. The summed E-state index contributed by atoms with van der Waals surface area (Å²) < 4.78 is 0. The first kappa shape index (κ1) is 14.2. The number of benzene rings is 1. The van der Waals surface area contributed by atoms with Crippen molar-refractivity contribution in [2.75, 3.05) is 5.32 Å². The maximum Gasteiger partial charge on any atom is 0.242 e. The predicted octanol–water partition coefficient (Wildman–Crippen LogP) is 3.51. The third-order valence-corrected chi connectivity index (χ3v) is 3.90. The van der Waals surface area contributed by atoms with E-state index in [0.717, 1.165) is 24.1 Å². The van der Waals surface area contributed by atoms with E-state index in [0.29, 0.717) is 11.1 Å². The van der Waals surface area contributed by atoms with E-state index in [1.54, 1.807) is 0 Å². The first-order chi connectivity index (χ1) is 9.06. The molecule has 0 bridgehead atoms. The average molecular weight is 281 g/mol. The molecule has 1 aromatic rings. The van der Waals surface area contributed by atoms with Gasteiger partial charge in [0.25, 0.3) is 0 Å². The monoisotopic (exact) mass is 280 g/mol. The van der Waals surface area contributed by atoms with Crippen LogP contribution >= 0.6 is 11.6 Å². The van der Waals surface area contributed by atoms with E-state index in [-0.39, 0.29) is 11.9 Å². The molecule has 2 rings (SSSR count). The molecule has 0 saturated heterocycles. The second-order valence-electron chi connectivity index (χ2n) is 5.32. The van der Waals surface area contributed by atoms with Crippen molar-refractivity contribution in [2.24, 2.45) is 0 Å². The molecule has 0 aromatic heterocycles. The van der Waals surface area contributed by atoms with Gasteiger partial charge in [0.15, 0.2) is 0 Å². The summed E-state index contributed by atoms with van der Waals surface area (Å²) in [5.74, 6) is 0.0614. The highest BCUT2D eigenvalue weighted by atomic mass is 35.5. The van der Waals surface area contributed by atoms with Crippen molar-refractivity contribution in [3.05, 3.63) is 28.8 Å². The molecule has 2 N–H and O–H groups in total. The van der Waals surface area contributed by atoms with Crippen molar-refractivity contribution in [3.8, 4) is 0 Å². The molecule has 1 amide bonds. The first-order valence-corrected chi connectivity index (χ1v) is 7.27. The number of nitrogens with one attached hydrogen (secondary N) is 2. The second kappa shape index (κ2) is 6.29. The van der Waals surface area contributed by atoms with Gasteiger partial charge in [-0.25, -0.2) is 0 Å². The van der Waals surface area contributed by atoms with Gasteiger partial charge in [-0.2, -0.15) is 0 Å². The highest BCUT2D eigenvalue weighted by Crippen LogP contribution is 2.21. The third kappa shape index (κ3) is 3.87. The highest BCUT2D eigenvalue weighted by Gasteiger charge is 2.20. The summed E-state index contributed by atoms with van der Waals surface area (Å²) in [6, 6.07) is 5.77. The lowest BCUT2D eigenvalue weighted by Gasteiger charge is -2.19. The molecular formula is C15H21ClN2O. The summed E-state index contributed by atoms with van der Waals surface area (Å²) in [5, 5.41) is 7.00. The molecule has 0 radical (unpaired) electrons. The molecule has 0 heterocycles. The topological polar surface area (TPSA) is 41.1 Å². The van der Waals surface area contributed by atoms with Gasteiger partial charge in [0, 0.05) is 16.8 Å². The Balaban J connectivity index is 1.93. The lowest BCUT2D eigenvalue weighted by atomic mass is 10.1. The maximum atomic E-state index is 12.1. The highest BCUT2D eigenvalue weighted by molar-refractivity contribution is 6.30. The summed E-state index contributed by atoms with van der Waals surface area (Å²) in [6.45, 7) is 3.88. The average Bonchev–Trinajstić information content (AvgIpc) is 2.86. The van der Waals surface area contributed by atoms with Gasteiger partial charge in [0.05, 0.1) is 0 Å². The Hall–Kier alpha value is -1.22. The number of rotatable bonds is 4. The van der Waals surface area contributed by atoms with Crippen LogP contribution < -0.4 is 10.6 Å². The Morgan fingerprint density at radius 3 is 2.74 bits per heavy atom. The molecule has 1 aromatic carbocycles. The molecule has 0 spiro atoms. The number of amides is 1. The Morgan fingerprint density at radius 1 is 1.37 bits per heavy atom. The molecule has 0 aliphatic heterocycles. The zero-order valence-electron chi connectivity index (χ0n) is 11.5. The molecule has 3 nitrogen and oxygen atoms in total. The molecule has 1 saturated carbocycles. The summed E-state index contributed by atoms with van der Waals surface area (Å²) in [6.07, 6.45) is 4.66. The zero-order valence-corrected chi connectivity index (χ0v) is 12.3. The molecule has 4 heteroatoms. The zero-order chi connectivity index (χ0) is 13.8. The number of aryl methyl sites for hydroxylation is 1. The summed E-state index contributed by atoms with van der Waals surface area (Å²) in [5.41, 5.74) is 2.01. The lowest BCUT2D eigenvalue weighted by molar-refractivity contribution is -0.122. The molecule has 1 aliphatic rings. The lowest BCUT2D eigenvalue weighted by Crippen LogP contribution is -2.42. The first-order valence-electron chi connectivity index (χ1n) is 6.89. The van der Waals surface area contributed by atoms with Gasteiger partial charge in [-0.05, 0) is 44.4 Å². The fraction of sp³-hybridized carbons (Fsp3) is 0.533. The Morgan fingerprint density at radius 2 is 2.05 bits per heavy atom. The molecule has 1 fully saturated rings. The molecule has 104 valence electrons. The van der Waals surface area contributed by atoms with E-state index in [4.69, 9.17) is 11.6 Å². The Bertz CT molecular complexity index is 455. The van der Waals surface area contributed by atoms with Gasteiger partial charge >= 0.3 is 0 Å². The van der Waals surface area contributed by atoms with Crippen molar-refractivity contribution in [1.82, 2.24) is 5.32 Å². The number of hydrogen-bond acceptors (Lipinski definition) is 2. The van der Waals surface area contributed by atoms with Crippen LogP contribution in [0.3, 0.4) is 0 Å².